The van der Waals surface area contributed by atoms with Crippen LogP contribution in [0, 0.1) is 0 Å². The Kier molecular flexibility index (Phi) is 2.67. The first kappa shape index (κ1) is 10.3. The third-order valence-corrected chi connectivity index (χ3v) is 3.97. The molecule has 2 unspecified atom stereocenters. The van der Waals surface area contributed by atoms with E-state index in [1.165, 1.54) is 25.7 Å². The number of hydrogen-bond acceptors (Lipinski definition) is 4. The molecule has 2 saturated carbocycles. The minimum Gasteiger partial charge on any atom is -0.392 e. The van der Waals surface area contributed by atoms with Gasteiger partial charge in [0, 0.05) is 5.92 Å². The molecule has 1 heterocycles. The Morgan fingerprint density at radius 1 is 1.06 bits per heavy atom. The van der Waals surface area contributed by atoms with Crippen LogP contribution in [0.15, 0.2) is 4.52 Å². The Morgan fingerprint density at radius 3 is 2.56 bits per heavy atom. The molecule has 0 bridgehead atoms. The van der Waals surface area contributed by atoms with E-state index in [2.05, 4.69) is 10.1 Å². The normalized spacial score (nSPS) is 31.3. The molecule has 16 heavy (non-hydrogen) atoms. The fraction of sp³-hybridized carbons (Fsp3) is 0.833. The van der Waals surface area contributed by atoms with Crippen LogP contribution in [0.4, 0.5) is 0 Å². The summed E-state index contributed by atoms with van der Waals surface area (Å²) in [5.41, 5.74) is 0. The van der Waals surface area contributed by atoms with Gasteiger partial charge in [0.1, 0.15) is 0 Å². The van der Waals surface area contributed by atoms with Gasteiger partial charge in [0.05, 0.1) is 12.0 Å². The molecule has 1 aromatic rings. The summed E-state index contributed by atoms with van der Waals surface area (Å²) in [4.78, 5) is 4.49. The minimum atomic E-state index is -0.281. The van der Waals surface area contributed by atoms with E-state index in [9.17, 15) is 5.11 Å². The zero-order valence-corrected chi connectivity index (χ0v) is 9.43. The number of nitrogens with zero attached hydrogens (tertiary/aromatic N) is 2. The monoisotopic (exact) mass is 222 g/mol. The first-order chi connectivity index (χ1) is 7.84. The van der Waals surface area contributed by atoms with Gasteiger partial charge in [-0.1, -0.05) is 18.0 Å². The van der Waals surface area contributed by atoms with Crippen molar-refractivity contribution in [3.8, 4) is 0 Å². The molecule has 0 aromatic carbocycles. The van der Waals surface area contributed by atoms with E-state index in [0.29, 0.717) is 11.8 Å². The number of rotatable bonds is 2. The van der Waals surface area contributed by atoms with Gasteiger partial charge in [-0.05, 0) is 32.1 Å². The summed E-state index contributed by atoms with van der Waals surface area (Å²) in [5.74, 6) is 2.11. The highest BCUT2D eigenvalue weighted by Gasteiger charge is 2.32. The lowest BCUT2D eigenvalue weighted by Gasteiger charge is -2.08. The minimum absolute atomic E-state index is 0.0858. The van der Waals surface area contributed by atoms with Crippen LogP contribution in [0.5, 0.6) is 0 Å². The summed E-state index contributed by atoms with van der Waals surface area (Å²) in [5, 5.41) is 13.9. The van der Waals surface area contributed by atoms with Gasteiger partial charge in [0.25, 0.3) is 0 Å². The second-order valence-corrected chi connectivity index (χ2v) is 5.08. The number of aliphatic hydroxyl groups is 1. The summed E-state index contributed by atoms with van der Waals surface area (Å²) in [6, 6.07) is 0. The van der Waals surface area contributed by atoms with Gasteiger partial charge >= 0.3 is 0 Å². The van der Waals surface area contributed by atoms with Crippen molar-refractivity contribution in [2.45, 2.75) is 62.9 Å². The van der Waals surface area contributed by atoms with Crippen LogP contribution in [0.1, 0.15) is 68.5 Å². The summed E-state index contributed by atoms with van der Waals surface area (Å²) < 4.78 is 5.31. The molecular formula is C12H18N2O2. The Balaban J connectivity index is 1.76. The van der Waals surface area contributed by atoms with Gasteiger partial charge < -0.3 is 9.63 Å². The number of aliphatic hydroxyl groups excluding tert-OH is 1. The lowest BCUT2D eigenvalue weighted by Crippen LogP contribution is -2.11. The van der Waals surface area contributed by atoms with Crippen molar-refractivity contribution in [3.63, 3.8) is 0 Å². The molecule has 2 atom stereocenters. The van der Waals surface area contributed by atoms with Crippen LogP contribution in [0.2, 0.25) is 0 Å². The van der Waals surface area contributed by atoms with Gasteiger partial charge in [0.15, 0.2) is 5.82 Å². The molecule has 2 aliphatic rings. The van der Waals surface area contributed by atoms with Crippen molar-refractivity contribution in [2.75, 3.05) is 0 Å². The van der Waals surface area contributed by atoms with Crippen LogP contribution < -0.4 is 0 Å². The van der Waals surface area contributed by atoms with E-state index < -0.39 is 0 Å². The molecule has 4 nitrogen and oxygen atoms in total. The zero-order valence-electron chi connectivity index (χ0n) is 9.43. The molecule has 0 spiro atoms. The lowest BCUT2D eigenvalue weighted by molar-refractivity contribution is 0.148. The molecule has 2 fully saturated rings. The topological polar surface area (TPSA) is 59.2 Å². The highest BCUT2D eigenvalue weighted by molar-refractivity contribution is 5.04. The van der Waals surface area contributed by atoms with E-state index in [-0.39, 0.29) is 12.0 Å². The first-order valence-electron chi connectivity index (χ1n) is 6.36. The second-order valence-electron chi connectivity index (χ2n) is 5.08. The molecule has 1 aromatic heterocycles. The van der Waals surface area contributed by atoms with E-state index in [1.807, 2.05) is 0 Å². The molecule has 0 saturated heterocycles. The molecule has 4 heteroatoms. The Bertz CT molecular complexity index is 358. The smallest absolute Gasteiger partial charge is 0.232 e. The molecule has 0 aliphatic heterocycles. The summed E-state index contributed by atoms with van der Waals surface area (Å²) in [7, 11) is 0. The van der Waals surface area contributed by atoms with E-state index in [1.54, 1.807) is 0 Å². The Hall–Kier alpha value is -0.900. The third kappa shape index (κ3) is 1.75. The molecular weight excluding hydrogens is 204 g/mol. The predicted molar refractivity (Wildman–Crippen MR) is 58.1 cm³/mol. The highest BCUT2D eigenvalue weighted by atomic mass is 16.5. The summed E-state index contributed by atoms with van der Waals surface area (Å²) in [6.07, 6.45) is 7.56. The average Bonchev–Trinajstić information content (AvgIpc) is 2.96. The van der Waals surface area contributed by atoms with Gasteiger partial charge in [0.2, 0.25) is 5.89 Å². The predicted octanol–water partition coefficient (Wildman–Crippen LogP) is 2.36. The van der Waals surface area contributed by atoms with Gasteiger partial charge in [-0.15, -0.1) is 0 Å². The van der Waals surface area contributed by atoms with Crippen molar-refractivity contribution >= 4 is 0 Å². The molecule has 0 radical (unpaired) electrons. The quantitative estimate of drug-likeness (QED) is 0.834. The molecule has 88 valence electrons. The van der Waals surface area contributed by atoms with Crippen LogP contribution in [-0.4, -0.2) is 21.4 Å². The second kappa shape index (κ2) is 4.17. The van der Waals surface area contributed by atoms with Crippen LogP contribution >= 0.6 is 0 Å². The van der Waals surface area contributed by atoms with E-state index in [4.69, 9.17) is 4.52 Å². The van der Waals surface area contributed by atoms with Crippen molar-refractivity contribution in [2.24, 2.45) is 0 Å². The number of aromatic nitrogens is 2. The van der Waals surface area contributed by atoms with E-state index >= 15 is 0 Å². The Labute approximate surface area is 95.0 Å². The van der Waals surface area contributed by atoms with Crippen molar-refractivity contribution < 1.29 is 9.63 Å². The summed E-state index contributed by atoms with van der Waals surface area (Å²) >= 11 is 0. The SMILES string of the molecule is OC1CCCC1c1nc(C2CCCC2)no1. The lowest BCUT2D eigenvalue weighted by atomic mass is 10.1. The van der Waals surface area contributed by atoms with Crippen LogP contribution in [-0.2, 0) is 0 Å². The van der Waals surface area contributed by atoms with E-state index in [0.717, 1.165) is 25.1 Å². The maximum absolute atomic E-state index is 9.79. The molecule has 3 rings (SSSR count). The fourth-order valence-corrected chi connectivity index (χ4v) is 2.98. The number of hydrogen-bond donors (Lipinski definition) is 1. The highest BCUT2D eigenvalue weighted by Crippen LogP contribution is 2.36. The van der Waals surface area contributed by atoms with Crippen molar-refractivity contribution in [3.05, 3.63) is 11.7 Å². The van der Waals surface area contributed by atoms with Crippen LogP contribution in [0.25, 0.3) is 0 Å². The van der Waals surface area contributed by atoms with Crippen molar-refractivity contribution in [1.82, 2.24) is 10.1 Å². The maximum Gasteiger partial charge on any atom is 0.232 e. The molecule has 1 N–H and O–H groups in total. The zero-order chi connectivity index (χ0) is 11.0. The third-order valence-electron chi connectivity index (χ3n) is 3.97. The Morgan fingerprint density at radius 2 is 1.88 bits per heavy atom. The van der Waals surface area contributed by atoms with Crippen molar-refractivity contribution in [1.29, 1.82) is 0 Å². The van der Waals surface area contributed by atoms with Gasteiger partial charge in [-0.3, -0.25) is 0 Å². The van der Waals surface area contributed by atoms with Gasteiger partial charge in [-0.2, -0.15) is 4.98 Å². The largest absolute Gasteiger partial charge is 0.392 e. The molecule has 0 amide bonds. The van der Waals surface area contributed by atoms with Crippen LogP contribution in [0.3, 0.4) is 0 Å². The van der Waals surface area contributed by atoms with Gasteiger partial charge in [-0.25, -0.2) is 0 Å². The fourth-order valence-electron chi connectivity index (χ4n) is 2.98. The first-order valence-corrected chi connectivity index (χ1v) is 6.36. The standard InChI is InChI=1S/C12H18N2O2/c15-10-7-3-6-9(10)12-13-11(14-16-12)8-4-1-2-5-8/h8-10,15H,1-7H2. The average molecular weight is 222 g/mol. The maximum atomic E-state index is 9.79. The summed E-state index contributed by atoms with van der Waals surface area (Å²) in [6.45, 7) is 0. The molecule has 2 aliphatic carbocycles.